The molecule has 94 valence electrons. The molecule has 0 atom stereocenters. The molecule has 1 aromatic rings. The second-order valence-electron chi connectivity index (χ2n) is 5.52. The molecule has 0 unspecified atom stereocenters. The minimum absolute atomic E-state index is 0.0503. The maximum atomic E-state index is 13.9. The topological polar surface area (TPSA) is 12.5 Å². The molecule has 2 rings (SSSR count). The number of hydrogen-bond acceptors (Lipinski definition) is 2. The summed E-state index contributed by atoms with van der Waals surface area (Å²) in [7, 11) is 0. The van der Waals surface area contributed by atoms with Crippen LogP contribution in [0, 0.1) is 5.82 Å². The van der Waals surface area contributed by atoms with Crippen molar-refractivity contribution in [2.75, 3.05) is 31.2 Å². The molecular formula is C14H20FNO. The van der Waals surface area contributed by atoms with Crippen molar-refractivity contribution < 1.29 is 9.13 Å². The number of morpholine rings is 1. The number of hydrogen-bond donors (Lipinski definition) is 0. The molecule has 0 spiro atoms. The van der Waals surface area contributed by atoms with Crippen molar-refractivity contribution in [3.63, 3.8) is 0 Å². The van der Waals surface area contributed by atoms with Crippen molar-refractivity contribution in [2.45, 2.75) is 26.2 Å². The third-order valence-electron chi connectivity index (χ3n) is 3.16. The van der Waals surface area contributed by atoms with Crippen LogP contribution in [-0.2, 0) is 10.2 Å². The zero-order valence-electron chi connectivity index (χ0n) is 10.8. The van der Waals surface area contributed by atoms with E-state index in [1.165, 1.54) is 5.56 Å². The van der Waals surface area contributed by atoms with Crippen molar-refractivity contribution >= 4 is 5.69 Å². The Morgan fingerprint density at radius 3 is 2.41 bits per heavy atom. The van der Waals surface area contributed by atoms with Gasteiger partial charge in [0.2, 0.25) is 0 Å². The van der Waals surface area contributed by atoms with Crippen molar-refractivity contribution in [3.8, 4) is 0 Å². The van der Waals surface area contributed by atoms with E-state index >= 15 is 0 Å². The Morgan fingerprint density at radius 2 is 1.82 bits per heavy atom. The first-order chi connectivity index (χ1) is 7.98. The number of anilines is 1. The number of rotatable bonds is 1. The molecule has 1 fully saturated rings. The van der Waals surface area contributed by atoms with Crippen LogP contribution < -0.4 is 4.90 Å². The highest BCUT2D eigenvalue weighted by molar-refractivity contribution is 5.51. The second kappa shape index (κ2) is 4.65. The summed E-state index contributed by atoms with van der Waals surface area (Å²) in [5, 5.41) is 0. The lowest BCUT2D eigenvalue weighted by Crippen LogP contribution is -2.37. The van der Waals surface area contributed by atoms with Crippen LogP contribution in [0.4, 0.5) is 10.1 Å². The van der Waals surface area contributed by atoms with Crippen molar-refractivity contribution in [3.05, 3.63) is 29.6 Å². The first-order valence-corrected chi connectivity index (χ1v) is 6.11. The minimum atomic E-state index is -0.139. The highest BCUT2D eigenvalue weighted by atomic mass is 19.1. The monoisotopic (exact) mass is 237 g/mol. The van der Waals surface area contributed by atoms with Gasteiger partial charge in [-0.15, -0.1) is 0 Å². The number of halogens is 1. The van der Waals surface area contributed by atoms with Gasteiger partial charge in [-0.3, -0.25) is 0 Å². The molecule has 1 heterocycles. The fourth-order valence-corrected chi connectivity index (χ4v) is 2.03. The van der Waals surface area contributed by atoms with Crippen molar-refractivity contribution in [1.82, 2.24) is 0 Å². The molecule has 1 aliphatic heterocycles. The molecule has 17 heavy (non-hydrogen) atoms. The van der Waals surface area contributed by atoms with Gasteiger partial charge in [0.1, 0.15) is 5.82 Å². The quantitative estimate of drug-likeness (QED) is 0.744. The normalized spacial score (nSPS) is 17.3. The van der Waals surface area contributed by atoms with Crippen LogP contribution in [0.15, 0.2) is 18.2 Å². The van der Waals surface area contributed by atoms with Crippen molar-refractivity contribution in [2.24, 2.45) is 0 Å². The van der Waals surface area contributed by atoms with Gasteiger partial charge >= 0.3 is 0 Å². The summed E-state index contributed by atoms with van der Waals surface area (Å²) >= 11 is 0. The lowest BCUT2D eigenvalue weighted by Gasteiger charge is -2.30. The maximum Gasteiger partial charge on any atom is 0.146 e. The second-order valence-corrected chi connectivity index (χ2v) is 5.52. The number of ether oxygens (including phenoxy) is 1. The summed E-state index contributed by atoms with van der Waals surface area (Å²) in [6.07, 6.45) is 0. The predicted molar refractivity (Wildman–Crippen MR) is 68.1 cm³/mol. The zero-order valence-corrected chi connectivity index (χ0v) is 10.8. The Kier molecular flexibility index (Phi) is 3.38. The van der Waals surface area contributed by atoms with Gasteiger partial charge in [0.25, 0.3) is 0 Å². The molecular weight excluding hydrogens is 217 g/mol. The van der Waals surface area contributed by atoms with Crippen LogP contribution in [0.3, 0.4) is 0 Å². The van der Waals surface area contributed by atoms with E-state index in [0.717, 1.165) is 13.1 Å². The molecule has 2 nitrogen and oxygen atoms in total. The summed E-state index contributed by atoms with van der Waals surface area (Å²) in [6.45, 7) is 9.32. The van der Waals surface area contributed by atoms with Crippen LogP contribution in [0.2, 0.25) is 0 Å². The van der Waals surface area contributed by atoms with Gasteiger partial charge in [0.05, 0.1) is 18.9 Å². The highest BCUT2D eigenvalue weighted by Gasteiger charge is 2.19. The van der Waals surface area contributed by atoms with Crippen LogP contribution in [-0.4, -0.2) is 26.3 Å². The first-order valence-electron chi connectivity index (χ1n) is 6.11. The Hall–Kier alpha value is -1.09. The van der Waals surface area contributed by atoms with E-state index in [1.807, 2.05) is 12.1 Å². The summed E-state index contributed by atoms with van der Waals surface area (Å²) < 4.78 is 19.2. The van der Waals surface area contributed by atoms with Gasteiger partial charge in [-0.2, -0.15) is 0 Å². The molecule has 0 radical (unpaired) electrons. The van der Waals surface area contributed by atoms with E-state index in [4.69, 9.17) is 4.74 Å². The van der Waals surface area contributed by atoms with Gasteiger partial charge in [-0.1, -0.05) is 26.8 Å². The van der Waals surface area contributed by atoms with Crippen LogP contribution in [0.25, 0.3) is 0 Å². The van der Waals surface area contributed by atoms with Gasteiger partial charge in [-0.25, -0.2) is 4.39 Å². The molecule has 3 heteroatoms. The Bertz CT molecular complexity index is 392. The Balaban J connectivity index is 2.31. The summed E-state index contributed by atoms with van der Waals surface area (Å²) in [6, 6.07) is 5.42. The van der Waals surface area contributed by atoms with Crippen molar-refractivity contribution in [1.29, 1.82) is 0 Å². The zero-order chi connectivity index (χ0) is 12.5. The van der Waals surface area contributed by atoms with Gasteiger partial charge in [0, 0.05) is 13.1 Å². The van der Waals surface area contributed by atoms with Crippen LogP contribution in [0.5, 0.6) is 0 Å². The number of benzene rings is 1. The summed E-state index contributed by atoms with van der Waals surface area (Å²) in [5.41, 5.74) is 1.93. The molecule has 0 aromatic heterocycles. The van der Waals surface area contributed by atoms with Gasteiger partial charge < -0.3 is 9.64 Å². The largest absolute Gasteiger partial charge is 0.378 e. The minimum Gasteiger partial charge on any atom is -0.378 e. The van der Waals surface area contributed by atoms with E-state index < -0.39 is 0 Å². The maximum absolute atomic E-state index is 13.9. The smallest absolute Gasteiger partial charge is 0.146 e. The Morgan fingerprint density at radius 1 is 1.18 bits per heavy atom. The van der Waals surface area contributed by atoms with E-state index in [-0.39, 0.29) is 11.2 Å². The molecule has 1 saturated heterocycles. The average Bonchev–Trinajstić information content (AvgIpc) is 2.29. The van der Waals surface area contributed by atoms with E-state index in [0.29, 0.717) is 18.9 Å². The highest BCUT2D eigenvalue weighted by Crippen LogP contribution is 2.28. The van der Waals surface area contributed by atoms with E-state index in [2.05, 4.69) is 25.7 Å². The molecule has 1 aliphatic rings. The number of nitrogens with zero attached hydrogens (tertiary/aromatic N) is 1. The van der Waals surface area contributed by atoms with E-state index in [1.54, 1.807) is 6.07 Å². The Labute approximate surface area is 102 Å². The van der Waals surface area contributed by atoms with Gasteiger partial charge in [0.15, 0.2) is 0 Å². The summed E-state index contributed by atoms with van der Waals surface area (Å²) in [4.78, 5) is 2.06. The fraction of sp³-hybridized carbons (Fsp3) is 0.571. The fourth-order valence-electron chi connectivity index (χ4n) is 2.03. The molecule has 0 saturated carbocycles. The molecule has 0 aliphatic carbocycles. The molecule has 0 bridgehead atoms. The lowest BCUT2D eigenvalue weighted by atomic mass is 9.86. The lowest BCUT2D eigenvalue weighted by molar-refractivity contribution is 0.122. The van der Waals surface area contributed by atoms with Crippen LogP contribution >= 0.6 is 0 Å². The third kappa shape index (κ3) is 2.78. The SMILES string of the molecule is CC(C)(C)c1ccc(F)c(N2CCOCC2)c1. The molecule has 0 N–H and O–H groups in total. The predicted octanol–water partition coefficient (Wildman–Crippen LogP) is 2.96. The molecule has 0 amide bonds. The van der Waals surface area contributed by atoms with Gasteiger partial charge in [-0.05, 0) is 23.1 Å². The summed E-state index contributed by atoms with van der Waals surface area (Å²) in [5.74, 6) is -0.139. The average molecular weight is 237 g/mol. The molecule has 1 aromatic carbocycles. The standard InChI is InChI=1S/C14H20FNO/c1-14(2,3)11-4-5-12(15)13(10-11)16-6-8-17-9-7-16/h4-5,10H,6-9H2,1-3H3. The van der Waals surface area contributed by atoms with Crippen LogP contribution in [0.1, 0.15) is 26.3 Å². The van der Waals surface area contributed by atoms with E-state index in [9.17, 15) is 4.39 Å². The third-order valence-corrected chi connectivity index (χ3v) is 3.16. The first kappa shape index (κ1) is 12.4.